The van der Waals surface area contributed by atoms with Crippen LogP contribution >= 0.6 is 46.4 Å². The highest BCUT2D eigenvalue weighted by Crippen LogP contribution is 2.35. The van der Waals surface area contributed by atoms with Crippen LogP contribution in [0.1, 0.15) is 0 Å². The van der Waals surface area contributed by atoms with E-state index in [9.17, 15) is 0 Å². The van der Waals surface area contributed by atoms with E-state index in [0.29, 0.717) is 5.02 Å². The number of nitrogens with zero attached hydrogens (tertiary/aromatic N) is 1. The van der Waals surface area contributed by atoms with Gasteiger partial charge in [-0.15, -0.1) is 11.6 Å². The number of rotatable bonds is 3. The standard InChI is InChI=1S/C9H5Cl4NO/c10-5-1-7(12)9(8(13)2-5)15-4-6(11)3-14/h1-2,6H,4H2. The highest BCUT2D eigenvalue weighted by molar-refractivity contribution is 6.40. The van der Waals surface area contributed by atoms with Crippen LogP contribution in [-0.4, -0.2) is 12.0 Å². The number of alkyl halides is 1. The second kappa shape index (κ2) is 5.67. The first kappa shape index (κ1) is 12.7. The van der Waals surface area contributed by atoms with Gasteiger partial charge in [0.25, 0.3) is 0 Å². The van der Waals surface area contributed by atoms with Crippen LogP contribution in [0.25, 0.3) is 0 Å². The molecule has 0 saturated carbocycles. The third kappa shape index (κ3) is 3.62. The fraction of sp³-hybridized carbons (Fsp3) is 0.222. The largest absolute Gasteiger partial charge is 0.488 e. The Morgan fingerprint density at radius 1 is 1.27 bits per heavy atom. The summed E-state index contributed by atoms with van der Waals surface area (Å²) < 4.78 is 5.20. The van der Waals surface area contributed by atoms with Gasteiger partial charge in [-0.3, -0.25) is 0 Å². The fourth-order valence-corrected chi connectivity index (χ4v) is 1.85. The quantitative estimate of drug-likeness (QED) is 0.781. The van der Waals surface area contributed by atoms with Crippen LogP contribution in [-0.2, 0) is 0 Å². The van der Waals surface area contributed by atoms with E-state index in [0.717, 1.165) is 0 Å². The normalized spacial score (nSPS) is 11.9. The molecule has 0 radical (unpaired) electrons. The fourth-order valence-electron chi connectivity index (χ4n) is 0.861. The highest BCUT2D eigenvalue weighted by atomic mass is 35.5. The Kier molecular flexibility index (Phi) is 4.82. The zero-order valence-electron chi connectivity index (χ0n) is 7.31. The summed E-state index contributed by atoms with van der Waals surface area (Å²) in [6, 6.07) is 4.81. The number of hydrogen-bond acceptors (Lipinski definition) is 2. The van der Waals surface area contributed by atoms with Crippen LogP contribution < -0.4 is 4.74 Å². The molecule has 1 aromatic carbocycles. The van der Waals surface area contributed by atoms with E-state index < -0.39 is 5.38 Å². The van der Waals surface area contributed by atoms with Gasteiger partial charge in [0, 0.05) is 5.02 Å². The molecular weight excluding hydrogens is 280 g/mol. The van der Waals surface area contributed by atoms with E-state index in [-0.39, 0.29) is 22.4 Å². The average Bonchev–Trinajstić information content (AvgIpc) is 2.15. The van der Waals surface area contributed by atoms with Gasteiger partial charge in [-0.2, -0.15) is 5.26 Å². The second-order valence-corrected chi connectivity index (χ2v) is 4.38. The first-order valence-corrected chi connectivity index (χ1v) is 5.42. The summed E-state index contributed by atoms with van der Waals surface area (Å²) in [5.41, 5.74) is 0. The molecule has 0 heterocycles. The first-order chi connectivity index (χ1) is 7.04. The minimum Gasteiger partial charge on any atom is -0.488 e. The maximum atomic E-state index is 8.45. The van der Waals surface area contributed by atoms with Gasteiger partial charge in [0.05, 0.1) is 16.1 Å². The predicted molar refractivity (Wildman–Crippen MR) is 62.2 cm³/mol. The molecule has 0 saturated heterocycles. The summed E-state index contributed by atoms with van der Waals surface area (Å²) >= 11 is 22.9. The molecule has 6 heteroatoms. The van der Waals surface area contributed by atoms with Crippen molar-refractivity contribution in [2.45, 2.75) is 5.38 Å². The van der Waals surface area contributed by atoms with Gasteiger partial charge in [0.1, 0.15) is 6.61 Å². The number of halogens is 4. The zero-order chi connectivity index (χ0) is 11.4. The lowest BCUT2D eigenvalue weighted by Gasteiger charge is -2.10. The molecule has 1 atom stereocenters. The van der Waals surface area contributed by atoms with E-state index in [4.69, 9.17) is 56.4 Å². The highest BCUT2D eigenvalue weighted by Gasteiger charge is 2.11. The zero-order valence-corrected chi connectivity index (χ0v) is 10.3. The SMILES string of the molecule is N#CC(Cl)COc1c(Cl)cc(Cl)cc1Cl. The lowest BCUT2D eigenvalue weighted by molar-refractivity contribution is 0.329. The van der Waals surface area contributed by atoms with Crippen molar-refractivity contribution in [2.75, 3.05) is 6.61 Å². The Morgan fingerprint density at radius 3 is 2.27 bits per heavy atom. The molecule has 0 aliphatic heterocycles. The van der Waals surface area contributed by atoms with E-state index in [1.807, 2.05) is 6.07 Å². The van der Waals surface area contributed by atoms with Crippen LogP contribution in [0, 0.1) is 11.3 Å². The minimum absolute atomic E-state index is 0.0130. The monoisotopic (exact) mass is 283 g/mol. The summed E-state index contributed by atoms with van der Waals surface area (Å²) in [4.78, 5) is 0. The molecule has 1 unspecified atom stereocenters. The average molecular weight is 285 g/mol. The van der Waals surface area contributed by atoms with Gasteiger partial charge in [-0.25, -0.2) is 0 Å². The number of benzene rings is 1. The molecular formula is C9H5Cl4NO. The molecule has 2 nitrogen and oxygen atoms in total. The third-order valence-electron chi connectivity index (χ3n) is 1.48. The van der Waals surface area contributed by atoms with Crippen LogP contribution in [0.15, 0.2) is 12.1 Å². The molecule has 0 aliphatic carbocycles. The van der Waals surface area contributed by atoms with Gasteiger partial charge in [-0.1, -0.05) is 34.8 Å². The second-order valence-electron chi connectivity index (χ2n) is 2.61. The van der Waals surface area contributed by atoms with Crippen molar-refractivity contribution in [3.8, 4) is 11.8 Å². The van der Waals surface area contributed by atoms with Crippen LogP contribution in [0.4, 0.5) is 0 Å². The summed E-state index contributed by atoms with van der Waals surface area (Å²) in [7, 11) is 0. The molecule has 1 aromatic rings. The first-order valence-electron chi connectivity index (χ1n) is 3.85. The topological polar surface area (TPSA) is 33.0 Å². The van der Waals surface area contributed by atoms with Gasteiger partial charge in [-0.05, 0) is 12.1 Å². The Hall–Kier alpha value is -0.330. The Morgan fingerprint density at radius 2 is 1.80 bits per heavy atom. The Balaban J connectivity index is 2.82. The summed E-state index contributed by atoms with van der Waals surface area (Å²) in [6.07, 6.45) is 0. The van der Waals surface area contributed by atoms with Gasteiger partial charge >= 0.3 is 0 Å². The Labute approximate surface area is 107 Å². The van der Waals surface area contributed by atoms with Crippen molar-refractivity contribution in [1.82, 2.24) is 0 Å². The van der Waals surface area contributed by atoms with Crippen molar-refractivity contribution >= 4 is 46.4 Å². The van der Waals surface area contributed by atoms with Crippen molar-refractivity contribution in [2.24, 2.45) is 0 Å². The summed E-state index contributed by atoms with van der Waals surface area (Å²) in [6.45, 7) is 0.0130. The minimum atomic E-state index is -0.743. The number of nitriles is 1. The van der Waals surface area contributed by atoms with Gasteiger partial charge in [0.15, 0.2) is 11.1 Å². The molecule has 80 valence electrons. The maximum Gasteiger partial charge on any atom is 0.156 e. The lowest BCUT2D eigenvalue weighted by Crippen LogP contribution is -2.09. The third-order valence-corrected chi connectivity index (χ3v) is 2.48. The van der Waals surface area contributed by atoms with Gasteiger partial charge < -0.3 is 4.74 Å². The Bertz CT molecular complexity index is 379. The van der Waals surface area contributed by atoms with E-state index in [2.05, 4.69) is 0 Å². The van der Waals surface area contributed by atoms with Gasteiger partial charge in [0.2, 0.25) is 0 Å². The molecule has 0 aliphatic rings. The smallest absolute Gasteiger partial charge is 0.156 e. The molecule has 0 fully saturated rings. The summed E-state index contributed by atoms with van der Waals surface area (Å²) in [5.74, 6) is 0.281. The van der Waals surface area contributed by atoms with Crippen LogP contribution in [0.3, 0.4) is 0 Å². The number of ether oxygens (including phenoxy) is 1. The number of hydrogen-bond donors (Lipinski definition) is 0. The van der Waals surface area contributed by atoms with E-state index in [1.54, 1.807) is 0 Å². The lowest BCUT2D eigenvalue weighted by atomic mass is 10.3. The molecule has 15 heavy (non-hydrogen) atoms. The van der Waals surface area contributed by atoms with Crippen molar-refractivity contribution in [3.63, 3.8) is 0 Å². The van der Waals surface area contributed by atoms with Crippen molar-refractivity contribution < 1.29 is 4.74 Å². The molecule has 0 bridgehead atoms. The molecule has 0 spiro atoms. The molecule has 0 aromatic heterocycles. The summed E-state index contributed by atoms with van der Waals surface area (Å²) in [5, 5.41) is 8.69. The molecule has 0 N–H and O–H groups in total. The van der Waals surface area contributed by atoms with Crippen LogP contribution in [0.5, 0.6) is 5.75 Å². The van der Waals surface area contributed by atoms with Crippen molar-refractivity contribution in [3.05, 3.63) is 27.2 Å². The van der Waals surface area contributed by atoms with Crippen LogP contribution in [0.2, 0.25) is 15.1 Å². The maximum absolute atomic E-state index is 8.45. The van der Waals surface area contributed by atoms with E-state index >= 15 is 0 Å². The molecule has 0 amide bonds. The van der Waals surface area contributed by atoms with Crippen molar-refractivity contribution in [1.29, 1.82) is 5.26 Å². The molecule has 1 rings (SSSR count). The van der Waals surface area contributed by atoms with E-state index in [1.165, 1.54) is 12.1 Å². The predicted octanol–water partition coefficient (Wildman–Crippen LogP) is 4.16.